The second-order valence-electron chi connectivity index (χ2n) is 6.43. The van der Waals surface area contributed by atoms with Crippen molar-refractivity contribution in [1.29, 1.82) is 0 Å². The van der Waals surface area contributed by atoms with Gasteiger partial charge in [0.2, 0.25) is 0 Å². The van der Waals surface area contributed by atoms with Crippen molar-refractivity contribution in [3.63, 3.8) is 0 Å². The molecule has 0 unspecified atom stereocenters. The van der Waals surface area contributed by atoms with Gasteiger partial charge in [-0.15, -0.1) is 12.4 Å². The van der Waals surface area contributed by atoms with E-state index in [9.17, 15) is 4.79 Å². The summed E-state index contributed by atoms with van der Waals surface area (Å²) < 4.78 is 2.18. The molecule has 5 heteroatoms. The minimum absolute atomic E-state index is 0. The first kappa shape index (κ1) is 20.0. The van der Waals surface area contributed by atoms with Crippen LogP contribution in [0.1, 0.15) is 67.2 Å². The Morgan fingerprint density at radius 2 is 1.83 bits per heavy atom. The Kier molecular flexibility index (Phi) is 8.71. The fraction of sp³-hybridized carbons (Fsp3) is 0.722. The summed E-state index contributed by atoms with van der Waals surface area (Å²) in [5.41, 5.74) is 3.03. The van der Waals surface area contributed by atoms with Crippen molar-refractivity contribution >= 4 is 18.3 Å². The van der Waals surface area contributed by atoms with Crippen LogP contribution in [0.5, 0.6) is 0 Å². The lowest BCUT2D eigenvalue weighted by atomic mass is 10.1. The van der Waals surface area contributed by atoms with Crippen molar-refractivity contribution in [3.05, 3.63) is 23.0 Å². The molecule has 1 heterocycles. The van der Waals surface area contributed by atoms with Gasteiger partial charge in [-0.05, 0) is 39.7 Å². The third-order valence-corrected chi connectivity index (χ3v) is 4.83. The average Bonchev–Trinajstić information content (AvgIpc) is 2.70. The van der Waals surface area contributed by atoms with Crippen LogP contribution in [0.25, 0.3) is 0 Å². The van der Waals surface area contributed by atoms with Gasteiger partial charge in [0.25, 0.3) is 5.91 Å². The highest BCUT2D eigenvalue weighted by atomic mass is 35.5. The minimum Gasteiger partial charge on any atom is -0.351 e. The number of amides is 1. The summed E-state index contributed by atoms with van der Waals surface area (Å²) in [5.74, 6) is 0.0514. The van der Waals surface area contributed by atoms with Gasteiger partial charge in [0.15, 0.2) is 0 Å². The zero-order valence-electron chi connectivity index (χ0n) is 14.8. The predicted molar refractivity (Wildman–Crippen MR) is 98.7 cm³/mol. The Labute approximate surface area is 146 Å². The molecule has 1 fully saturated rings. The van der Waals surface area contributed by atoms with Gasteiger partial charge in [-0.25, -0.2) is 0 Å². The summed E-state index contributed by atoms with van der Waals surface area (Å²) in [6.45, 7) is 8.66. The molecule has 0 aromatic carbocycles. The van der Waals surface area contributed by atoms with Gasteiger partial charge in [-0.1, -0.05) is 25.7 Å². The number of hydrogen-bond donors (Lipinski definition) is 2. The number of aryl methyl sites for hydroxylation is 1. The first-order chi connectivity index (χ1) is 10.6. The first-order valence-electron chi connectivity index (χ1n) is 8.81. The van der Waals surface area contributed by atoms with Gasteiger partial charge in [-0.3, -0.25) is 4.79 Å². The molecular weight excluding hydrogens is 310 g/mol. The highest BCUT2D eigenvalue weighted by Crippen LogP contribution is 2.17. The van der Waals surface area contributed by atoms with Crippen LogP contribution in [0, 0.1) is 13.8 Å². The van der Waals surface area contributed by atoms with Crippen molar-refractivity contribution < 1.29 is 4.79 Å². The van der Waals surface area contributed by atoms with Crippen LogP contribution in [0.3, 0.4) is 0 Å². The van der Waals surface area contributed by atoms with Crippen LogP contribution >= 0.6 is 12.4 Å². The lowest BCUT2D eigenvalue weighted by molar-refractivity contribution is 0.0952. The second kappa shape index (κ2) is 9.99. The maximum Gasteiger partial charge on any atom is 0.253 e. The van der Waals surface area contributed by atoms with Crippen LogP contribution in [0.2, 0.25) is 0 Å². The average molecular weight is 342 g/mol. The number of rotatable bonds is 6. The van der Waals surface area contributed by atoms with Crippen molar-refractivity contribution in [2.45, 2.75) is 71.9 Å². The normalized spacial score (nSPS) is 15.8. The molecule has 1 amide bonds. The van der Waals surface area contributed by atoms with Gasteiger partial charge < -0.3 is 15.2 Å². The molecule has 1 aliphatic carbocycles. The van der Waals surface area contributed by atoms with E-state index in [-0.39, 0.29) is 18.3 Å². The van der Waals surface area contributed by atoms with E-state index < -0.39 is 0 Å². The van der Waals surface area contributed by atoms with E-state index >= 15 is 0 Å². The zero-order valence-corrected chi connectivity index (χ0v) is 15.6. The van der Waals surface area contributed by atoms with Gasteiger partial charge in [0.05, 0.1) is 5.56 Å². The fourth-order valence-corrected chi connectivity index (χ4v) is 3.55. The Morgan fingerprint density at radius 3 is 2.39 bits per heavy atom. The monoisotopic (exact) mass is 341 g/mol. The fourth-order valence-electron chi connectivity index (χ4n) is 3.55. The molecule has 1 saturated carbocycles. The van der Waals surface area contributed by atoms with Crippen molar-refractivity contribution in [2.24, 2.45) is 0 Å². The first-order valence-corrected chi connectivity index (χ1v) is 8.81. The standard InChI is InChI=1S/C18H31N3O.ClH/c1-4-21-14(2)13-17(15(21)3)18(22)20-12-11-19-16-9-7-5-6-8-10-16;/h13,16,19H,4-12H2,1-3H3,(H,20,22);1H. The third kappa shape index (κ3) is 5.54. The van der Waals surface area contributed by atoms with E-state index in [2.05, 4.69) is 29.0 Å². The Hall–Kier alpha value is -1.00. The largest absolute Gasteiger partial charge is 0.351 e. The summed E-state index contributed by atoms with van der Waals surface area (Å²) in [4.78, 5) is 12.3. The second-order valence-corrected chi connectivity index (χ2v) is 6.43. The van der Waals surface area contributed by atoms with Crippen molar-refractivity contribution in [2.75, 3.05) is 13.1 Å². The molecule has 0 saturated heterocycles. The topological polar surface area (TPSA) is 46.1 Å². The van der Waals surface area contributed by atoms with E-state index in [0.29, 0.717) is 12.6 Å². The van der Waals surface area contributed by atoms with E-state index in [0.717, 1.165) is 30.0 Å². The summed E-state index contributed by atoms with van der Waals surface area (Å²) in [6, 6.07) is 2.64. The van der Waals surface area contributed by atoms with E-state index in [4.69, 9.17) is 0 Å². The van der Waals surface area contributed by atoms with E-state index in [1.807, 2.05) is 13.0 Å². The lowest BCUT2D eigenvalue weighted by Crippen LogP contribution is -2.37. The van der Waals surface area contributed by atoms with Crippen LogP contribution in [-0.4, -0.2) is 29.6 Å². The number of carbonyl (C=O) groups excluding carboxylic acids is 1. The molecule has 23 heavy (non-hydrogen) atoms. The van der Waals surface area contributed by atoms with Gasteiger partial charge in [0, 0.05) is 37.1 Å². The smallest absolute Gasteiger partial charge is 0.253 e. The molecule has 2 N–H and O–H groups in total. The van der Waals surface area contributed by atoms with Crippen LogP contribution in [0.4, 0.5) is 0 Å². The van der Waals surface area contributed by atoms with Gasteiger partial charge in [0.1, 0.15) is 0 Å². The zero-order chi connectivity index (χ0) is 15.9. The molecule has 0 atom stereocenters. The van der Waals surface area contributed by atoms with E-state index in [1.54, 1.807) is 0 Å². The Morgan fingerprint density at radius 1 is 1.17 bits per heavy atom. The minimum atomic E-state index is 0. The molecule has 2 rings (SSSR count). The molecule has 1 aromatic heterocycles. The number of carbonyl (C=O) groups is 1. The quantitative estimate of drug-likeness (QED) is 0.613. The Bertz CT molecular complexity index is 491. The maximum atomic E-state index is 12.3. The highest BCUT2D eigenvalue weighted by molar-refractivity contribution is 5.95. The number of aromatic nitrogens is 1. The van der Waals surface area contributed by atoms with Crippen molar-refractivity contribution in [1.82, 2.24) is 15.2 Å². The summed E-state index contributed by atoms with van der Waals surface area (Å²) in [5, 5.41) is 6.64. The highest BCUT2D eigenvalue weighted by Gasteiger charge is 2.15. The molecular formula is C18H32ClN3O. The summed E-state index contributed by atoms with van der Waals surface area (Å²) >= 11 is 0. The lowest BCUT2D eigenvalue weighted by Gasteiger charge is -2.16. The van der Waals surface area contributed by atoms with Crippen molar-refractivity contribution in [3.8, 4) is 0 Å². The van der Waals surface area contributed by atoms with Crippen LogP contribution in [-0.2, 0) is 6.54 Å². The molecule has 0 aliphatic heterocycles. The molecule has 132 valence electrons. The number of nitrogens with one attached hydrogen (secondary N) is 2. The number of halogens is 1. The Balaban J connectivity index is 0.00000264. The number of nitrogens with zero attached hydrogens (tertiary/aromatic N) is 1. The SMILES string of the molecule is CCn1c(C)cc(C(=O)NCCNC2CCCCCC2)c1C.Cl. The third-order valence-electron chi connectivity index (χ3n) is 4.83. The van der Waals surface area contributed by atoms with E-state index in [1.165, 1.54) is 38.5 Å². The van der Waals surface area contributed by atoms with Crippen LogP contribution in [0.15, 0.2) is 6.07 Å². The molecule has 1 aromatic rings. The van der Waals surface area contributed by atoms with Crippen LogP contribution < -0.4 is 10.6 Å². The molecule has 0 spiro atoms. The number of hydrogen-bond acceptors (Lipinski definition) is 2. The summed E-state index contributed by atoms with van der Waals surface area (Å²) in [6.07, 6.45) is 8.00. The molecule has 1 aliphatic rings. The van der Waals surface area contributed by atoms with Gasteiger partial charge >= 0.3 is 0 Å². The predicted octanol–water partition coefficient (Wildman–Crippen LogP) is 3.59. The molecule has 4 nitrogen and oxygen atoms in total. The summed E-state index contributed by atoms with van der Waals surface area (Å²) in [7, 11) is 0. The molecule has 0 bridgehead atoms. The maximum absolute atomic E-state index is 12.3. The molecule has 0 radical (unpaired) electrons. The van der Waals surface area contributed by atoms with Gasteiger partial charge in [-0.2, -0.15) is 0 Å².